The van der Waals surface area contributed by atoms with Gasteiger partial charge >= 0.3 is 13.6 Å². The van der Waals surface area contributed by atoms with Crippen molar-refractivity contribution in [2.24, 2.45) is 0 Å². The molecule has 0 aliphatic carbocycles. The number of benzene rings is 1. The Labute approximate surface area is 116 Å². The summed E-state index contributed by atoms with van der Waals surface area (Å²) in [5, 5.41) is 0. The SMILES string of the molecule is CC(=O)CCOC(=O)CC(c1ccccc1)P(=O)(O)O. The highest BCUT2D eigenvalue weighted by Crippen LogP contribution is 2.53. The van der Waals surface area contributed by atoms with E-state index in [2.05, 4.69) is 0 Å². The van der Waals surface area contributed by atoms with Crippen LogP contribution < -0.4 is 0 Å². The molecule has 0 aromatic heterocycles. The number of carbonyl (C=O) groups excluding carboxylic acids is 2. The first kappa shape index (κ1) is 16.6. The normalized spacial score (nSPS) is 12.8. The molecule has 1 rings (SSSR count). The molecule has 1 atom stereocenters. The maximum atomic E-state index is 11.6. The predicted octanol–water partition coefficient (Wildman–Crippen LogP) is 1.82. The average molecular weight is 300 g/mol. The van der Waals surface area contributed by atoms with Gasteiger partial charge in [-0.2, -0.15) is 0 Å². The van der Waals surface area contributed by atoms with Crippen molar-refractivity contribution in [3.05, 3.63) is 35.9 Å². The lowest BCUT2D eigenvalue weighted by Gasteiger charge is -2.18. The number of rotatable bonds is 7. The van der Waals surface area contributed by atoms with Crippen molar-refractivity contribution in [3.63, 3.8) is 0 Å². The van der Waals surface area contributed by atoms with Crippen LogP contribution in [0.15, 0.2) is 30.3 Å². The highest BCUT2D eigenvalue weighted by molar-refractivity contribution is 7.52. The maximum Gasteiger partial charge on any atom is 0.333 e. The third kappa shape index (κ3) is 5.65. The van der Waals surface area contributed by atoms with E-state index in [1.807, 2.05) is 0 Å². The summed E-state index contributed by atoms with van der Waals surface area (Å²) in [5.41, 5.74) is -0.849. The number of hydrogen-bond donors (Lipinski definition) is 2. The molecule has 6 nitrogen and oxygen atoms in total. The quantitative estimate of drug-likeness (QED) is 0.588. The van der Waals surface area contributed by atoms with Gasteiger partial charge in [-0.3, -0.25) is 14.2 Å². The minimum absolute atomic E-state index is 0.0726. The van der Waals surface area contributed by atoms with Crippen molar-refractivity contribution in [1.29, 1.82) is 0 Å². The first-order chi connectivity index (χ1) is 9.30. The van der Waals surface area contributed by atoms with Gasteiger partial charge in [-0.1, -0.05) is 30.3 Å². The zero-order valence-electron chi connectivity index (χ0n) is 11.1. The molecule has 1 aromatic carbocycles. The lowest BCUT2D eigenvalue weighted by atomic mass is 10.1. The van der Waals surface area contributed by atoms with Crippen molar-refractivity contribution >= 4 is 19.3 Å². The third-order valence-electron chi connectivity index (χ3n) is 2.67. The summed E-state index contributed by atoms with van der Waals surface area (Å²) in [6.07, 6.45) is -0.330. The number of hydrogen-bond acceptors (Lipinski definition) is 4. The fourth-order valence-electron chi connectivity index (χ4n) is 1.63. The summed E-state index contributed by atoms with van der Waals surface area (Å²) in [7, 11) is -4.47. The molecule has 20 heavy (non-hydrogen) atoms. The molecule has 7 heteroatoms. The second-order valence-electron chi connectivity index (χ2n) is 4.39. The van der Waals surface area contributed by atoms with E-state index in [0.717, 1.165) is 0 Å². The molecule has 0 spiro atoms. The highest BCUT2D eigenvalue weighted by atomic mass is 31.2. The minimum atomic E-state index is -4.47. The average Bonchev–Trinajstić information content (AvgIpc) is 2.35. The number of esters is 1. The van der Waals surface area contributed by atoms with Gasteiger partial charge in [0.15, 0.2) is 0 Å². The van der Waals surface area contributed by atoms with Gasteiger partial charge in [-0.25, -0.2) is 0 Å². The molecule has 1 aromatic rings. The largest absolute Gasteiger partial charge is 0.465 e. The Hall–Kier alpha value is -1.49. The van der Waals surface area contributed by atoms with Crippen LogP contribution in [0.3, 0.4) is 0 Å². The van der Waals surface area contributed by atoms with E-state index in [1.165, 1.54) is 6.92 Å². The second-order valence-corrected chi connectivity index (χ2v) is 6.19. The molecule has 0 saturated carbocycles. The van der Waals surface area contributed by atoms with Gasteiger partial charge < -0.3 is 14.5 Å². The number of ether oxygens (including phenoxy) is 1. The fraction of sp³-hybridized carbons (Fsp3) is 0.385. The summed E-state index contributed by atoms with van der Waals surface area (Å²) in [4.78, 5) is 41.0. The number of Topliss-reactive ketones (excluding diaryl/α,β-unsaturated/α-hetero) is 1. The van der Waals surface area contributed by atoms with Gasteiger partial charge in [0.2, 0.25) is 0 Å². The van der Waals surface area contributed by atoms with Crippen molar-refractivity contribution in [2.45, 2.75) is 25.4 Å². The van der Waals surface area contributed by atoms with Crippen molar-refractivity contribution in [1.82, 2.24) is 0 Å². The summed E-state index contributed by atoms with van der Waals surface area (Å²) in [5.74, 6) is -0.851. The molecule has 0 saturated heterocycles. The summed E-state index contributed by atoms with van der Waals surface area (Å²) < 4.78 is 16.3. The summed E-state index contributed by atoms with van der Waals surface area (Å²) in [6.45, 7) is 1.30. The molecule has 1 unspecified atom stereocenters. The van der Waals surface area contributed by atoms with Gasteiger partial charge in [0.25, 0.3) is 0 Å². The van der Waals surface area contributed by atoms with E-state index in [9.17, 15) is 23.9 Å². The van der Waals surface area contributed by atoms with E-state index < -0.39 is 25.6 Å². The molecule has 0 amide bonds. The van der Waals surface area contributed by atoms with Gasteiger partial charge in [0.05, 0.1) is 18.7 Å². The Kier molecular flexibility index (Phi) is 6.07. The van der Waals surface area contributed by atoms with E-state index in [-0.39, 0.29) is 18.8 Å². The standard InChI is InChI=1S/C13H17O6P/c1-10(14)7-8-19-13(15)9-12(20(16,17)18)11-5-3-2-4-6-11/h2-6,12H,7-9H2,1H3,(H2,16,17,18). The van der Waals surface area contributed by atoms with E-state index >= 15 is 0 Å². The van der Waals surface area contributed by atoms with E-state index in [4.69, 9.17) is 4.74 Å². The van der Waals surface area contributed by atoms with Gasteiger partial charge in [-0.15, -0.1) is 0 Å². The fourth-order valence-corrected chi connectivity index (χ4v) is 2.58. The number of ketones is 1. The Bertz CT molecular complexity index is 507. The lowest BCUT2D eigenvalue weighted by molar-refractivity contribution is -0.144. The molecular weight excluding hydrogens is 283 g/mol. The topological polar surface area (TPSA) is 101 Å². The number of carbonyl (C=O) groups is 2. The lowest BCUT2D eigenvalue weighted by Crippen LogP contribution is -2.13. The molecule has 0 aliphatic heterocycles. The molecule has 0 bridgehead atoms. The van der Waals surface area contributed by atoms with Crippen LogP contribution in [-0.4, -0.2) is 28.1 Å². The van der Waals surface area contributed by atoms with Crippen molar-refractivity contribution < 1.29 is 28.7 Å². The summed E-state index contributed by atoms with van der Waals surface area (Å²) in [6, 6.07) is 8.09. The third-order valence-corrected chi connectivity index (χ3v) is 3.96. The van der Waals surface area contributed by atoms with Gasteiger partial charge in [0, 0.05) is 6.42 Å². The zero-order valence-corrected chi connectivity index (χ0v) is 12.0. The summed E-state index contributed by atoms with van der Waals surface area (Å²) >= 11 is 0. The molecular formula is C13H17O6P. The Morgan fingerprint density at radius 3 is 2.35 bits per heavy atom. The van der Waals surface area contributed by atoms with E-state index in [1.54, 1.807) is 30.3 Å². The van der Waals surface area contributed by atoms with Crippen LogP contribution in [0.25, 0.3) is 0 Å². The zero-order chi connectivity index (χ0) is 15.2. The van der Waals surface area contributed by atoms with Gasteiger partial charge in [-0.05, 0) is 12.5 Å². The Morgan fingerprint density at radius 1 is 1.25 bits per heavy atom. The first-order valence-corrected chi connectivity index (χ1v) is 7.74. The smallest absolute Gasteiger partial charge is 0.333 e. The van der Waals surface area contributed by atoms with Gasteiger partial charge in [0.1, 0.15) is 5.78 Å². The maximum absolute atomic E-state index is 11.6. The van der Waals surface area contributed by atoms with Crippen LogP contribution in [0, 0.1) is 0 Å². The van der Waals surface area contributed by atoms with E-state index in [0.29, 0.717) is 5.56 Å². The minimum Gasteiger partial charge on any atom is -0.465 e. The molecule has 0 radical (unpaired) electrons. The Morgan fingerprint density at radius 2 is 1.85 bits per heavy atom. The predicted molar refractivity (Wildman–Crippen MR) is 72.1 cm³/mol. The molecule has 0 aliphatic rings. The van der Waals surface area contributed by atoms with Crippen molar-refractivity contribution in [3.8, 4) is 0 Å². The van der Waals surface area contributed by atoms with Crippen LogP contribution in [-0.2, 0) is 18.9 Å². The van der Waals surface area contributed by atoms with Crippen LogP contribution in [0.1, 0.15) is 31.0 Å². The molecule has 0 fully saturated rings. The Balaban J connectivity index is 2.70. The highest BCUT2D eigenvalue weighted by Gasteiger charge is 2.32. The first-order valence-electron chi connectivity index (χ1n) is 6.06. The monoisotopic (exact) mass is 300 g/mol. The van der Waals surface area contributed by atoms with Crippen LogP contribution in [0.5, 0.6) is 0 Å². The molecule has 0 heterocycles. The van der Waals surface area contributed by atoms with Crippen molar-refractivity contribution in [2.75, 3.05) is 6.61 Å². The van der Waals surface area contributed by atoms with Crippen LogP contribution in [0.2, 0.25) is 0 Å². The molecule has 2 N–H and O–H groups in total. The van der Waals surface area contributed by atoms with Crippen LogP contribution >= 0.6 is 7.60 Å². The van der Waals surface area contributed by atoms with Crippen LogP contribution in [0.4, 0.5) is 0 Å². The molecule has 110 valence electrons. The second kappa shape index (κ2) is 7.33.